The quantitative estimate of drug-likeness (QED) is 0.874. The van der Waals surface area contributed by atoms with Gasteiger partial charge in [0.25, 0.3) is 0 Å². The molecule has 23 heavy (non-hydrogen) atoms. The molecule has 1 fully saturated rings. The van der Waals surface area contributed by atoms with Crippen LogP contribution in [0.2, 0.25) is 0 Å². The van der Waals surface area contributed by atoms with Gasteiger partial charge in [-0.2, -0.15) is 19.7 Å². The number of benzene rings is 1. The monoisotopic (exact) mass is 336 g/mol. The van der Waals surface area contributed by atoms with Crippen LogP contribution in [0.3, 0.4) is 0 Å². The van der Waals surface area contributed by atoms with Crippen LogP contribution < -0.4 is 0 Å². The third-order valence-electron chi connectivity index (χ3n) is 4.29. The van der Waals surface area contributed by atoms with E-state index in [1.807, 2.05) is 12.1 Å². The normalized spacial score (nSPS) is 22.8. The van der Waals surface area contributed by atoms with Crippen LogP contribution in [-0.2, 0) is 15.6 Å². The molecule has 2 aromatic rings. The molecule has 2 N–H and O–H groups in total. The molecule has 0 aliphatic carbocycles. The van der Waals surface area contributed by atoms with Crippen LogP contribution in [0.4, 0.5) is 0 Å². The molecule has 7 nitrogen and oxygen atoms in total. The molecule has 1 aliphatic rings. The minimum absolute atomic E-state index is 0.0200. The molecule has 3 rings (SSSR count). The first-order valence-corrected chi connectivity index (χ1v) is 8.96. The summed E-state index contributed by atoms with van der Waals surface area (Å²) in [6, 6.07) is 6.91. The first-order valence-electron chi connectivity index (χ1n) is 7.52. The van der Waals surface area contributed by atoms with E-state index in [2.05, 4.69) is 29.3 Å². The highest BCUT2D eigenvalue weighted by atomic mass is 32.2. The van der Waals surface area contributed by atoms with Crippen molar-refractivity contribution >= 4 is 10.0 Å². The Morgan fingerprint density at radius 2 is 2.00 bits per heavy atom. The molecule has 1 aliphatic heterocycles. The fraction of sp³-hybridized carbons (Fsp3) is 0.467. The van der Waals surface area contributed by atoms with Crippen molar-refractivity contribution in [3.63, 3.8) is 0 Å². The summed E-state index contributed by atoms with van der Waals surface area (Å²) in [4.78, 5) is 0.242. The molecule has 0 radical (unpaired) electrons. The second kappa shape index (κ2) is 5.70. The van der Waals surface area contributed by atoms with Crippen LogP contribution in [0.5, 0.6) is 0 Å². The molecule has 0 bridgehead atoms. The Labute approximate surface area is 135 Å². The van der Waals surface area contributed by atoms with E-state index < -0.39 is 15.6 Å². The summed E-state index contributed by atoms with van der Waals surface area (Å²) < 4.78 is 26.8. The van der Waals surface area contributed by atoms with Crippen molar-refractivity contribution < 1.29 is 13.5 Å². The van der Waals surface area contributed by atoms with Gasteiger partial charge in [0, 0.05) is 13.1 Å². The Morgan fingerprint density at radius 3 is 2.57 bits per heavy atom. The largest absolute Gasteiger partial charge is 0.382 e. The van der Waals surface area contributed by atoms with Crippen molar-refractivity contribution in [1.29, 1.82) is 0 Å². The van der Waals surface area contributed by atoms with Gasteiger partial charge in [-0.25, -0.2) is 8.42 Å². The van der Waals surface area contributed by atoms with Crippen molar-refractivity contribution in [2.45, 2.75) is 36.7 Å². The highest BCUT2D eigenvalue weighted by molar-refractivity contribution is 7.89. The Hall–Kier alpha value is -1.77. The topological polar surface area (TPSA) is 99.2 Å². The number of nitrogens with zero attached hydrogens (tertiary/aromatic N) is 3. The van der Waals surface area contributed by atoms with Gasteiger partial charge in [-0.05, 0) is 30.0 Å². The van der Waals surface area contributed by atoms with Gasteiger partial charge in [-0.3, -0.25) is 0 Å². The van der Waals surface area contributed by atoms with Crippen LogP contribution in [0.1, 0.15) is 37.4 Å². The number of H-pyrrole nitrogens is 1. The van der Waals surface area contributed by atoms with Gasteiger partial charge in [0.05, 0.1) is 11.1 Å². The molecule has 0 spiro atoms. The van der Waals surface area contributed by atoms with Crippen molar-refractivity contribution in [2.75, 3.05) is 13.1 Å². The molecular formula is C15H20N4O3S. The van der Waals surface area contributed by atoms with E-state index in [1.165, 1.54) is 10.5 Å². The zero-order valence-corrected chi connectivity index (χ0v) is 13.9. The summed E-state index contributed by atoms with van der Waals surface area (Å²) in [6.45, 7) is 4.34. The minimum atomic E-state index is -3.63. The van der Waals surface area contributed by atoms with E-state index in [9.17, 15) is 13.5 Å². The molecule has 1 aromatic carbocycles. The number of aliphatic hydroxyl groups is 1. The third-order valence-corrected chi connectivity index (χ3v) is 6.15. The molecule has 1 aromatic heterocycles. The van der Waals surface area contributed by atoms with Gasteiger partial charge in [0.15, 0.2) is 0 Å². The summed E-state index contributed by atoms with van der Waals surface area (Å²) in [5.41, 5.74) is 0.160. The summed E-state index contributed by atoms with van der Waals surface area (Å²) in [5, 5.41) is 20.6. The van der Waals surface area contributed by atoms with Crippen LogP contribution in [-0.4, -0.2) is 46.3 Å². The lowest BCUT2D eigenvalue weighted by Gasteiger charge is -2.21. The maximum atomic E-state index is 12.7. The number of β-amino-alcohol motifs (C(OH)–C–C–N with tert-alkyl or cyclic N) is 1. The van der Waals surface area contributed by atoms with Crippen LogP contribution >= 0.6 is 0 Å². The SMILES string of the molecule is CC(C)c1ccc(S(=O)(=O)N2CCC(O)(c3cn[nH]n3)C2)cc1. The highest BCUT2D eigenvalue weighted by Gasteiger charge is 2.44. The smallest absolute Gasteiger partial charge is 0.243 e. The molecule has 1 unspecified atom stereocenters. The number of hydrogen-bond donors (Lipinski definition) is 2. The fourth-order valence-electron chi connectivity index (χ4n) is 2.77. The number of hydrogen-bond acceptors (Lipinski definition) is 5. The predicted octanol–water partition coefficient (Wildman–Crippen LogP) is 1.21. The number of rotatable bonds is 4. The summed E-state index contributed by atoms with van der Waals surface area (Å²) >= 11 is 0. The first-order chi connectivity index (χ1) is 10.8. The lowest BCUT2D eigenvalue weighted by Crippen LogP contribution is -2.34. The lowest BCUT2D eigenvalue weighted by molar-refractivity contribution is 0.0485. The van der Waals surface area contributed by atoms with Crippen molar-refractivity contribution in [2.24, 2.45) is 0 Å². The average molecular weight is 336 g/mol. The summed E-state index contributed by atoms with van der Waals surface area (Å²) in [7, 11) is -3.63. The Balaban J connectivity index is 1.84. The average Bonchev–Trinajstić information content (AvgIpc) is 3.18. The van der Waals surface area contributed by atoms with E-state index >= 15 is 0 Å². The van der Waals surface area contributed by atoms with Crippen LogP contribution in [0.25, 0.3) is 0 Å². The van der Waals surface area contributed by atoms with E-state index in [1.54, 1.807) is 12.1 Å². The maximum Gasteiger partial charge on any atom is 0.243 e. The molecule has 8 heteroatoms. The second-order valence-electron chi connectivity index (χ2n) is 6.20. The maximum absolute atomic E-state index is 12.7. The molecule has 1 saturated heterocycles. The standard InChI is InChI=1S/C15H20N4O3S/c1-11(2)12-3-5-13(6-4-12)23(21,22)19-8-7-15(20,10-19)14-9-16-18-17-14/h3-6,9,11,20H,7-8,10H2,1-2H3,(H,16,17,18). The minimum Gasteiger partial charge on any atom is -0.382 e. The van der Waals surface area contributed by atoms with Gasteiger partial charge in [-0.1, -0.05) is 26.0 Å². The Morgan fingerprint density at radius 1 is 1.30 bits per heavy atom. The highest BCUT2D eigenvalue weighted by Crippen LogP contribution is 2.33. The number of sulfonamides is 1. The molecular weight excluding hydrogens is 316 g/mol. The van der Waals surface area contributed by atoms with E-state index in [0.29, 0.717) is 18.0 Å². The van der Waals surface area contributed by atoms with Gasteiger partial charge >= 0.3 is 0 Å². The predicted molar refractivity (Wildman–Crippen MR) is 84.2 cm³/mol. The first kappa shape index (κ1) is 16.1. The summed E-state index contributed by atoms with van der Waals surface area (Å²) in [6.07, 6.45) is 1.72. The zero-order valence-electron chi connectivity index (χ0n) is 13.1. The molecule has 2 heterocycles. The number of aromatic nitrogens is 3. The molecule has 1 atom stereocenters. The van der Waals surface area contributed by atoms with Crippen molar-refractivity contribution in [1.82, 2.24) is 19.7 Å². The van der Waals surface area contributed by atoms with Crippen molar-refractivity contribution in [3.8, 4) is 0 Å². The third kappa shape index (κ3) is 2.89. The van der Waals surface area contributed by atoms with E-state index in [-0.39, 0.29) is 18.0 Å². The molecule has 0 amide bonds. The number of aromatic amines is 1. The van der Waals surface area contributed by atoms with Gasteiger partial charge < -0.3 is 5.11 Å². The lowest BCUT2D eigenvalue weighted by atomic mass is 10.0. The fourth-order valence-corrected chi connectivity index (χ4v) is 4.27. The van der Waals surface area contributed by atoms with Crippen molar-refractivity contribution in [3.05, 3.63) is 41.7 Å². The molecule has 124 valence electrons. The molecule has 0 saturated carbocycles. The van der Waals surface area contributed by atoms with Gasteiger partial charge in [0.2, 0.25) is 10.0 Å². The van der Waals surface area contributed by atoms with Gasteiger partial charge in [0.1, 0.15) is 11.3 Å². The Bertz CT molecular complexity index is 772. The number of nitrogens with one attached hydrogen (secondary N) is 1. The Kier molecular flexibility index (Phi) is 3.99. The zero-order chi connectivity index (χ0) is 16.7. The van der Waals surface area contributed by atoms with E-state index in [4.69, 9.17) is 0 Å². The second-order valence-corrected chi connectivity index (χ2v) is 8.14. The van der Waals surface area contributed by atoms with E-state index in [0.717, 1.165) is 5.56 Å². The summed E-state index contributed by atoms with van der Waals surface area (Å²) in [5.74, 6) is 0.343. The van der Waals surface area contributed by atoms with Crippen LogP contribution in [0.15, 0.2) is 35.4 Å². The van der Waals surface area contributed by atoms with Crippen LogP contribution in [0, 0.1) is 0 Å². The van der Waals surface area contributed by atoms with Gasteiger partial charge in [-0.15, -0.1) is 0 Å².